The Morgan fingerprint density at radius 1 is 1.10 bits per heavy atom. The summed E-state index contributed by atoms with van der Waals surface area (Å²) in [6.07, 6.45) is 0.240. The Balaban J connectivity index is 2.39. The van der Waals surface area contributed by atoms with Crippen molar-refractivity contribution in [1.82, 2.24) is 10.6 Å². The molecule has 0 aliphatic carbocycles. The molecule has 0 saturated carbocycles. The van der Waals surface area contributed by atoms with Crippen molar-refractivity contribution in [3.8, 4) is 17.2 Å². The van der Waals surface area contributed by atoms with Crippen LogP contribution in [0.2, 0.25) is 0 Å². The number of phenolic OH excluding ortho intramolecular Hbond substituents is 3. The highest BCUT2D eigenvalue weighted by atomic mass is 16.5. The molecule has 0 aliphatic heterocycles. The van der Waals surface area contributed by atoms with Gasteiger partial charge in [0.2, 0.25) is 5.91 Å². The molecule has 0 unspecified atom stereocenters. The predicted molar refractivity (Wildman–Crippen MR) is 73.3 cm³/mol. The van der Waals surface area contributed by atoms with Crippen LogP contribution >= 0.6 is 0 Å². The van der Waals surface area contributed by atoms with Crippen LogP contribution in [-0.2, 0) is 9.53 Å². The number of carbonyl (C=O) groups excluding carboxylic acids is 2. The topological polar surface area (TPSA) is 128 Å². The molecule has 5 N–H and O–H groups in total. The average Bonchev–Trinajstić information content (AvgIpc) is 2.46. The molecule has 116 valence electrons. The van der Waals surface area contributed by atoms with Gasteiger partial charge in [-0.15, -0.1) is 0 Å². The monoisotopic (exact) mass is 298 g/mol. The van der Waals surface area contributed by atoms with Crippen LogP contribution in [0.3, 0.4) is 0 Å². The van der Waals surface area contributed by atoms with Crippen molar-refractivity contribution in [1.29, 1.82) is 0 Å². The molecule has 0 heterocycles. The molecule has 1 aromatic carbocycles. The van der Waals surface area contributed by atoms with Crippen LogP contribution in [0, 0.1) is 0 Å². The maximum absolute atomic E-state index is 11.7. The number of methoxy groups -OCH3 is 1. The van der Waals surface area contributed by atoms with E-state index in [9.17, 15) is 19.8 Å². The summed E-state index contributed by atoms with van der Waals surface area (Å²) >= 11 is 0. The van der Waals surface area contributed by atoms with E-state index in [1.807, 2.05) is 0 Å². The van der Waals surface area contributed by atoms with Gasteiger partial charge in [-0.1, -0.05) is 0 Å². The lowest BCUT2D eigenvalue weighted by atomic mass is 10.1. The Hall–Kier alpha value is -2.48. The van der Waals surface area contributed by atoms with E-state index in [0.29, 0.717) is 6.61 Å². The minimum atomic E-state index is -0.683. The van der Waals surface area contributed by atoms with Crippen molar-refractivity contribution in [3.05, 3.63) is 17.7 Å². The fourth-order valence-electron chi connectivity index (χ4n) is 1.50. The first-order valence-electron chi connectivity index (χ1n) is 6.24. The van der Waals surface area contributed by atoms with Crippen LogP contribution in [0.4, 0.5) is 0 Å². The molecule has 0 radical (unpaired) electrons. The SMILES string of the molecule is COCCC(=O)NCCNC(=O)c1cc(O)c(O)c(O)c1. The minimum absolute atomic E-state index is 0.00601. The Morgan fingerprint density at radius 3 is 2.24 bits per heavy atom. The molecule has 21 heavy (non-hydrogen) atoms. The van der Waals surface area contributed by atoms with Crippen molar-refractivity contribution in [2.24, 2.45) is 0 Å². The largest absolute Gasteiger partial charge is 0.504 e. The molecule has 8 heteroatoms. The Bertz CT molecular complexity index is 494. The standard InChI is InChI=1S/C13H18N2O6/c1-21-5-2-11(18)14-3-4-15-13(20)8-6-9(16)12(19)10(17)7-8/h6-7,16-17,19H,2-5H2,1H3,(H,14,18)(H,15,20). The molecule has 0 spiro atoms. The van der Waals surface area contributed by atoms with Gasteiger partial charge in [-0.2, -0.15) is 0 Å². The van der Waals surface area contributed by atoms with Crippen LogP contribution in [0.25, 0.3) is 0 Å². The van der Waals surface area contributed by atoms with Gasteiger partial charge in [0.1, 0.15) is 0 Å². The molecule has 0 aromatic heterocycles. The lowest BCUT2D eigenvalue weighted by Crippen LogP contribution is -2.34. The lowest BCUT2D eigenvalue weighted by molar-refractivity contribution is -0.121. The zero-order chi connectivity index (χ0) is 15.8. The first-order valence-corrected chi connectivity index (χ1v) is 6.24. The normalized spacial score (nSPS) is 10.1. The highest BCUT2D eigenvalue weighted by Crippen LogP contribution is 2.35. The van der Waals surface area contributed by atoms with Gasteiger partial charge in [-0.05, 0) is 12.1 Å². The molecule has 1 aromatic rings. The fourth-order valence-corrected chi connectivity index (χ4v) is 1.50. The third-order valence-electron chi connectivity index (χ3n) is 2.60. The first-order chi connectivity index (χ1) is 9.95. The summed E-state index contributed by atoms with van der Waals surface area (Å²) in [6.45, 7) is 0.745. The smallest absolute Gasteiger partial charge is 0.251 e. The molecule has 8 nitrogen and oxygen atoms in total. The molecular formula is C13H18N2O6. The molecule has 1 rings (SSSR count). The molecular weight excluding hydrogens is 280 g/mol. The van der Waals surface area contributed by atoms with E-state index in [1.165, 1.54) is 7.11 Å². The predicted octanol–water partition coefficient (Wildman–Crippen LogP) is -0.314. The zero-order valence-electron chi connectivity index (χ0n) is 11.5. The number of aromatic hydroxyl groups is 3. The van der Waals surface area contributed by atoms with E-state index in [1.54, 1.807) is 0 Å². The van der Waals surface area contributed by atoms with Crippen molar-refractivity contribution < 1.29 is 29.6 Å². The number of phenols is 3. The maximum atomic E-state index is 11.7. The van der Waals surface area contributed by atoms with Crippen LogP contribution in [0.15, 0.2) is 12.1 Å². The molecule has 0 atom stereocenters. The van der Waals surface area contributed by atoms with E-state index in [2.05, 4.69) is 10.6 Å². The summed E-state index contributed by atoms with van der Waals surface area (Å²) in [7, 11) is 1.50. The Kier molecular flexibility index (Phi) is 6.28. The van der Waals surface area contributed by atoms with Crippen molar-refractivity contribution in [2.45, 2.75) is 6.42 Å². The number of amides is 2. The number of hydrogen-bond donors (Lipinski definition) is 5. The summed E-state index contributed by atoms with van der Waals surface area (Å²) < 4.78 is 4.75. The number of nitrogens with one attached hydrogen (secondary N) is 2. The van der Waals surface area contributed by atoms with Gasteiger partial charge in [0.25, 0.3) is 5.91 Å². The number of ether oxygens (including phenoxy) is 1. The van der Waals surface area contributed by atoms with Crippen molar-refractivity contribution >= 4 is 11.8 Å². The zero-order valence-corrected chi connectivity index (χ0v) is 11.5. The van der Waals surface area contributed by atoms with E-state index in [0.717, 1.165) is 12.1 Å². The third kappa shape index (κ3) is 5.19. The number of hydrogen-bond acceptors (Lipinski definition) is 6. The fraction of sp³-hybridized carbons (Fsp3) is 0.385. The van der Waals surface area contributed by atoms with Crippen LogP contribution < -0.4 is 10.6 Å². The van der Waals surface area contributed by atoms with E-state index >= 15 is 0 Å². The molecule has 0 fully saturated rings. The number of rotatable bonds is 7. The minimum Gasteiger partial charge on any atom is -0.504 e. The summed E-state index contributed by atoms with van der Waals surface area (Å²) in [5.74, 6) is -2.60. The van der Waals surface area contributed by atoms with E-state index in [-0.39, 0.29) is 31.0 Å². The van der Waals surface area contributed by atoms with Crippen LogP contribution in [0.1, 0.15) is 16.8 Å². The number of carbonyl (C=O) groups is 2. The van der Waals surface area contributed by atoms with Gasteiger partial charge in [0.15, 0.2) is 17.2 Å². The van der Waals surface area contributed by atoms with Gasteiger partial charge in [-0.25, -0.2) is 0 Å². The van der Waals surface area contributed by atoms with Gasteiger partial charge in [0.05, 0.1) is 6.61 Å². The van der Waals surface area contributed by atoms with Crippen LogP contribution in [0.5, 0.6) is 17.2 Å². The molecule has 0 aliphatic rings. The molecule has 0 saturated heterocycles. The summed E-state index contributed by atoms with van der Waals surface area (Å²) in [5.41, 5.74) is -0.00601. The average molecular weight is 298 g/mol. The molecule has 0 bridgehead atoms. The van der Waals surface area contributed by atoms with E-state index < -0.39 is 23.2 Å². The second kappa shape index (κ2) is 7.95. The Morgan fingerprint density at radius 2 is 1.67 bits per heavy atom. The lowest BCUT2D eigenvalue weighted by Gasteiger charge is -2.08. The second-order valence-corrected chi connectivity index (χ2v) is 4.21. The maximum Gasteiger partial charge on any atom is 0.251 e. The summed E-state index contributed by atoms with van der Waals surface area (Å²) in [4.78, 5) is 23.0. The Labute approximate surface area is 121 Å². The highest BCUT2D eigenvalue weighted by molar-refractivity contribution is 5.95. The first kappa shape index (κ1) is 16.6. The number of benzene rings is 1. The highest BCUT2D eigenvalue weighted by Gasteiger charge is 2.13. The van der Waals surface area contributed by atoms with Gasteiger partial charge in [0, 0.05) is 32.2 Å². The second-order valence-electron chi connectivity index (χ2n) is 4.21. The third-order valence-corrected chi connectivity index (χ3v) is 2.60. The van der Waals surface area contributed by atoms with Crippen molar-refractivity contribution in [3.63, 3.8) is 0 Å². The van der Waals surface area contributed by atoms with E-state index in [4.69, 9.17) is 9.84 Å². The van der Waals surface area contributed by atoms with Gasteiger partial charge < -0.3 is 30.7 Å². The summed E-state index contributed by atoms with van der Waals surface area (Å²) in [5, 5.41) is 32.8. The van der Waals surface area contributed by atoms with Gasteiger partial charge >= 0.3 is 0 Å². The van der Waals surface area contributed by atoms with Gasteiger partial charge in [-0.3, -0.25) is 9.59 Å². The van der Waals surface area contributed by atoms with Crippen LogP contribution in [-0.4, -0.2) is 53.9 Å². The quantitative estimate of drug-likeness (QED) is 0.347. The molecule has 2 amide bonds. The summed E-state index contributed by atoms with van der Waals surface area (Å²) in [6, 6.07) is 2.06. The van der Waals surface area contributed by atoms with Crippen molar-refractivity contribution in [2.75, 3.05) is 26.8 Å².